The Morgan fingerprint density at radius 1 is 1.09 bits per heavy atom. The van der Waals surface area contributed by atoms with E-state index in [9.17, 15) is 14.9 Å². The molecule has 2 amide bonds. The van der Waals surface area contributed by atoms with E-state index in [1.807, 2.05) is 24.3 Å². The summed E-state index contributed by atoms with van der Waals surface area (Å²) >= 11 is 12.7. The average molecular weight is 468 g/mol. The van der Waals surface area contributed by atoms with Crippen molar-refractivity contribution in [2.75, 3.05) is 10.6 Å². The number of nitriles is 1. The fraction of sp³-hybridized carbons (Fsp3) is 0.130. The first kappa shape index (κ1) is 23.1. The van der Waals surface area contributed by atoms with Crippen molar-refractivity contribution in [2.24, 2.45) is 0 Å². The summed E-state index contributed by atoms with van der Waals surface area (Å²) in [6.45, 7) is 3.50. The van der Waals surface area contributed by atoms with Gasteiger partial charge in [0, 0.05) is 28.9 Å². The number of benzene rings is 2. The quantitative estimate of drug-likeness (QED) is 0.391. The molecule has 9 heteroatoms. The van der Waals surface area contributed by atoms with E-state index < -0.39 is 5.91 Å². The average Bonchev–Trinajstić information content (AvgIpc) is 3.01. The number of rotatable bonds is 6. The zero-order chi connectivity index (χ0) is 23.3. The lowest BCUT2D eigenvalue weighted by molar-refractivity contribution is -0.114. The molecule has 0 fully saturated rings. The zero-order valence-corrected chi connectivity index (χ0v) is 18.8. The molecule has 0 aliphatic carbocycles. The first-order valence-corrected chi connectivity index (χ1v) is 10.3. The molecule has 2 aromatic carbocycles. The van der Waals surface area contributed by atoms with Crippen LogP contribution < -0.4 is 10.6 Å². The minimum atomic E-state index is -0.589. The number of nitrogens with zero attached hydrogens (tertiary/aromatic N) is 3. The Morgan fingerprint density at radius 3 is 2.31 bits per heavy atom. The maximum atomic E-state index is 12.6. The van der Waals surface area contributed by atoms with Crippen LogP contribution >= 0.6 is 23.2 Å². The smallest absolute Gasteiger partial charge is 0.266 e. The van der Waals surface area contributed by atoms with Crippen molar-refractivity contribution in [1.29, 1.82) is 5.26 Å². The lowest BCUT2D eigenvalue weighted by Gasteiger charge is -2.07. The summed E-state index contributed by atoms with van der Waals surface area (Å²) < 4.78 is 1.57. The molecule has 3 aromatic rings. The molecule has 3 rings (SSSR count). The van der Waals surface area contributed by atoms with Gasteiger partial charge in [0.2, 0.25) is 5.91 Å². The zero-order valence-electron chi connectivity index (χ0n) is 17.3. The summed E-state index contributed by atoms with van der Waals surface area (Å²) in [5.41, 5.74) is 2.84. The van der Waals surface area contributed by atoms with E-state index in [4.69, 9.17) is 23.2 Å². The van der Waals surface area contributed by atoms with E-state index in [1.54, 1.807) is 41.9 Å². The van der Waals surface area contributed by atoms with Crippen LogP contribution in [-0.4, -0.2) is 21.6 Å². The Hall–Kier alpha value is -3.60. The highest BCUT2D eigenvalue weighted by atomic mass is 35.5. The molecular formula is C23H19Cl2N5O2. The predicted octanol–water partition coefficient (Wildman–Crippen LogP) is 5.05. The van der Waals surface area contributed by atoms with Crippen LogP contribution in [0.3, 0.4) is 0 Å². The number of carbonyl (C=O) groups is 2. The number of aromatic nitrogens is 2. The molecular weight excluding hydrogens is 449 g/mol. The highest BCUT2D eigenvalue weighted by Crippen LogP contribution is 2.25. The van der Waals surface area contributed by atoms with Gasteiger partial charge in [-0.3, -0.25) is 9.59 Å². The number of anilines is 2. The van der Waals surface area contributed by atoms with Crippen molar-refractivity contribution in [1.82, 2.24) is 9.78 Å². The lowest BCUT2D eigenvalue weighted by Crippen LogP contribution is -2.13. The fourth-order valence-electron chi connectivity index (χ4n) is 2.96. The van der Waals surface area contributed by atoms with Crippen LogP contribution in [0.5, 0.6) is 0 Å². The molecule has 0 atom stereocenters. The van der Waals surface area contributed by atoms with Crippen LogP contribution in [0.15, 0.2) is 54.1 Å². The molecule has 0 bridgehead atoms. The second-order valence-electron chi connectivity index (χ2n) is 6.92. The number of aryl methyl sites for hydroxylation is 1. The molecule has 0 aliphatic rings. The number of hydrogen-bond donors (Lipinski definition) is 2. The number of amides is 2. The maximum absolute atomic E-state index is 12.6. The topological polar surface area (TPSA) is 99.8 Å². The van der Waals surface area contributed by atoms with Crippen LogP contribution in [0.25, 0.3) is 6.08 Å². The van der Waals surface area contributed by atoms with Crippen LogP contribution in [-0.2, 0) is 16.1 Å². The van der Waals surface area contributed by atoms with E-state index in [0.29, 0.717) is 39.4 Å². The van der Waals surface area contributed by atoms with Crippen molar-refractivity contribution in [3.63, 3.8) is 0 Å². The van der Waals surface area contributed by atoms with Gasteiger partial charge >= 0.3 is 0 Å². The van der Waals surface area contributed by atoms with Gasteiger partial charge in [-0.2, -0.15) is 10.4 Å². The third-order valence-electron chi connectivity index (χ3n) is 4.50. The van der Waals surface area contributed by atoms with Gasteiger partial charge in [0.15, 0.2) is 0 Å². The molecule has 2 N–H and O–H groups in total. The summed E-state index contributed by atoms with van der Waals surface area (Å²) in [5, 5.41) is 20.1. The van der Waals surface area contributed by atoms with Crippen molar-refractivity contribution in [3.05, 3.63) is 81.1 Å². The molecule has 162 valence electrons. The largest absolute Gasteiger partial charge is 0.326 e. The first-order valence-electron chi connectivity index (χ1n) is 9.55. The van der Waals surface area contributed by atoms with Gasteiger partial charge < -0.3 is 10.6 Å². The van der Waals surface area contributed by atoms with E-state index >= 15 is 0 Å². The normalized spacial score (nSPS) is 11.0. The second kappa shape index (κ2) is 10.1. The van der Waals surface area contributed by atoms with E-state index in [2.05, 4.69) is 15.7 Å². The third kappa shape index (κ3) is 5.55. The van der Waals surface area contributed by atoms with Gasteiger partial charge in [0.05, 0.1) is 12.2 Å². The molecule has 32 heavy (non-hydrogen) atoms. The van der Waals surface area contributed by atoms with Crippen molar-refractivity contribution < 1.29 is 9.59 Å². The highest BCUT2D eigenvalue weighted by molar-refractivity contribution is 6.32. The Morgan fingerprint density at radius 2 is 1.72 bits per heavy atom. The summed E-state index contributed by atoms with van der Waals surface area (Å²) in [5.74, 6) is -0.784. The SMILES string of the molecule is CC(=O)Nc1ccc(NC(=O)/C(C#N)=C/c2c(C)nn(Cc3ccccc3Cl)c2Cl)cc1. The van der Waals surface area contributed by atoms with Crippen LogP contribution in [0.4, 0.5) is 11.4 Å². The van der Waals surface area contributed by atoms with Crippen LogP contribution in [0.2, 0.25) is 10.2 Å². The summed E-state index contributed by atoms with van der Waals surface area (Å²) in [6.07, 6.45) is 1.41. The Labute approximate surface area is 195 Å². The van der Waals surface area contributed by atoms with Gasteiger partial charge in [-0.15, -0.1) is 0 Å². The second-order valence-corrected chi connectivity index (χ2v) is 7.69. The molecule has 0 saturated heterocycles. The van der Waals surface area contributed by atoms with E-state index in [0.717, 1.165) is 5.56 Å². The molecule has 0 spiro atoms. The Balaban J connectivity index is 1.80. The van der Waals surface area contributed by atoms with E-state index in [-0.39, 0.29) is 11.5 Å². The predicted molar refractivity (Wildman–Crippen MR) is 125 cm³/mol. The van der Waals surface area contributed by atoms with Gasteiger partial charge in [-0.25, -0.2) is 4.68 Å². The minimum Gasteiger partial charge on any atom is -0.326 e. The van der Waals surface area contributed by atoms with Crippen LogP contribution in [0.1, 0.15) is 23.7 Å². The van der Waals surface area contributed by atoms with Gasteiger partial charge in [-0.1, -0.05) is 41.4 Å². The third-order valence-corrected chi connectivity index (χ3v) is 5.27. The first-order chi connectivity index (χ1) is 15.3. The molecule has 7 nitrogen and oxygen atoms in total. The van der Waals surface area contributed by atoms with Gasteiger partial charge in [0.25, 0.3) is 5.91 Å². The minimum absolute atomic E-state index is 0.127. The number of hydrogen-bond acceptors (Lipinski definition) is 4. The summed E-state index contributed by atoms with van der Waals surface area (Å²) in [7, 11) is 0. The molecule has 1 aromatic heterocycles. The van der Waals surface area contributed by atoms with Gasteiger partial charge in [-0.05, 0) is 48.9 Å². The number of halogens is 2. The molecule has 0 unspecified atom stereocenters. The summed E-state index contributed by atoms with van der Waals surface area (Å²) in [6, 6.07) is 15.8. The lowest BCUT2D eigenvalue weighted by atomic mass is 10.1. The van der Waals surface area contributed by atoms with E-state index in [1.165, 1.54) is 13.0 Å². The van der Waals surface area contributed by atoms with Crippen molar-refractivity contribution >= 4 is 52.5 Å². The maximum Gasteiger partial charge on any atom is 0.266 e. The monoisotopic (exact) mass is 467 g/mol. The van der Waals surface area contributed by atoms with Crippen molar-refractivity contribution in [2.45, 2.75) is 20.4 Å². The fourth-order valence-corrected chi connectivity index (χ4v) is 3.44. The highest BCUT2D eigenvalue weighted by Gasteiger charge is 2.17. The van der Waals surface area contributed by atoms with Crippen molar-refractivity contribution in [3.8, 4) is 6.07 Å². The standard InChI is InChI=1S/C23H19Cl2N5O2/c1-14-20(22(25)30(29-14)13-16-5-3-4-6-21(16)24)11-17(12-26)23(32)28-19-9-7-18(8-10-19)27-15(2)31/h3-11H,13H2,1-2H3,(H,27,31)(H,28,32)/b17-11+. The van der Waals surface area contributed by atoms with Gasteiger partial charge in [0.1, 0.15) is 16.8 Å². The Bertz CT molecular complexity index is 1240. The molecule has 1 heterocycles. The number of carbonyl (C=O) groups excluding carboxylic acids is 2. The molecule has 0 aliphatic heterocycles. The summed E-state index contributed by atoms with van der Waals surface area (Å²) in [4.78, 5) is 23.7. The molecule has 0 saturated carbocycles. The number of nitrogens with one attached hydrogen (secondary N) is 2. The Kier molecular flexibility index (Phi) is 7.31. The molecule has 0 radical (unpaired) electrons. The van der Waals surface area contributed by atoms with Crippen LogP contribution in [0, 0.1) is 18.3 Å².